The van der Waals surface area contributed by atoms with Gasteiger partial charge in [-0.15, -0.1) is 11.3 Å². The summed E-state index contributed by atoms with van der Waals surface area (Å²) in [7, 11) is 3.54. The standard InChI is InChI=1S/C45H63N5O5S/c1-9-35(10-2)50(38(51)22-23-44(3,4)43(54)55-8)29-31-14-13-15-32(28-31)40(52)47-42-39(36-16-11-12-17-37(36)56-42)41(53)46-34-20-18-33(19-21-34)45(5,6)30-49-26-24-48(7)25-27-49/h13-15,18-21,28,35H,9-12,16-17,22-27,29-30H2,1-8H3,(H,46,53)(H,47,52). The summed E-state index contributed by atoms with van der Waals surface area (Å²) in [5.74, 6) is -0.885. The predicted octanol–water partition coefficient (Wildman–Crippen LogP) is 8.15. The van der Waals surface area contributed by atoms with Crippen LogP contribution in [0.4, 0.5) is 10.7 Å². The van der Waals surface area contributed by atoms with Crippen molar-refractivity contribution in [3.63, 3.8) is 0 Å². The van der Waals surface area contributed by atoms with E-state index in [1.807, 2.05) is 35.2 Å². The van der Waals surface area contributed by atoms with Gasteiger partial charge in [0.05, 0.1) is 18.1 Å². The monoisotopic (exact) mass is 785 g/mol. The Kier molecular flexibility index (Phi) is 14.6. The van der Waals surface area contributed by atoms with Crippen LogP contribution >= 0.6 is 11.3 Å². The van der Waals surface area contributed by atoms with Crippen LogP contribution in [0.2, 0.25) is 0 Å². The van der Waals surface area contributed by atoms with Crippen molar-refractivity contribution in [3.05, 3.63) is 81.2 Å². The molecule has 0 atom stereocenters. The number of nitrogens with one attached hydrogen (secondary N) is 2. The molecule has 10 nitrogen and oxygen atoms in total. The van der Waals surface area contributed by atoms with Crippen LogP contribution in [0.15, 0.2) is 48.5 Å². The van der Waals surface area contributed by atoms with Crippen molar-refractivity contribution < 1.29 is 23.9 Å². The number of carbonyl (C=O) groups excluding carboxylic acids is 4. The number of rotatable bonds is 16. The number of piperazine rings is 1. The van der Waals surface area contributed by atoms with Crippen molar-refractivity contribution in [2.75, 3.05) is 57.5 Å². The van der Waals surface area contributed by atoms with Gasteiger partial charge in [-0.05, 0) is 107 Å². The molecule has 1 aliphatic carbocycles. The summed E-state index contributed by atoms with van der Waals surface area (Å²) in [6.45, 7) is 17.9. The number of thiophene rings is 1. The van der Waals surface area contributed by atoms with E-state index >= 15 is 0 Å². The van der Waals surface area contributed by atoms with Crippen LogP contribution in [-0.4, -0.2) is 91.3 Å². The number of aryl methyl sites for hydroxylation is 1. The molecule has 0 bridgehead atoms. The van der Waals surface area contributed by atoms with E-state index in [2.05, 4.69) is 67.3 Å². The third-order valence-electron chi connectivity index (χ3n) is 11.7. The van der Waals surface area contributed by atoms with Gasteiger partial charge in [0.15, 0.2) is 0 Å². The fourth-order valence-corrected chi connectivity index (χ4v) is 9.31. The predicted molar refractivity (Wildman–Crippen MR) is 227 cm³/mol. The second-order valence-corrected chi connectivity index (χ2v) is 18.0. The van der Waals surface area contributed by atoms with Crippen LogP contribution < -0.4 is 10.6 Å². The molecule has 0 spiro atoms. The van der Waals surface area contributed by atoms with Crippen molar-refractivity contribution in [1.82, 2.24) is 14.7 Å². The number of ether oxygens (including phenoxy) is 1. The molecular formula is C45H63N5O5S. The first-order valence-electron chi connectivity index (χ1n) is 20.4. The molecule has 0 radical (unpaired) electrons. The van der Waals surface area contributed by atoms with E-state index in [-0.39, 0.29) is 41.6 Å². The Morgan fingerprint density at radius 3 is 2.23 bits per heavy atom. The number of nitrogens with zero attached hydrogens (tertiary/aromatic N) is 3. The molecule has 0 unspecified atom stereocenters. The molecule has 304 valence electrons. The maximum absolute atomic E-state index is 14.1. The first-order valence-corrected chi connectivity index (χ1v) is 21.2. The number of amides is 3. The molecule has 56 heavy (non-hydrogen) atoms. The van der Waals surface area contributed by atoms with Crippen LogP contribution in [0, 0.1) is 5.41 Å². The zero-order chi connectivity index (χ0) is 40.6. The highest BCUT2D eigenvalue weighted by Gasteiger charge is 2.32. The van der Waals surface area contributed by atoms with E-state index in [0.717, 1.165) is 92.9 Å². The first kappa shape index (κ1) is 43.1. The van der Waals surface area contributed by atoms with Gasteiger partial charge in [-0.3, -0.25) is 24.1 Å². The maximum Gasteiger partial charge on any atom is 0.311 e. The summed E-state index contributed by atoms with van der Waals surface area (Å²) < 4.78 is 4.95. The Hall–Kier alpha value is -4.06. The summed E-state index contributed by atoms with van der Waals surface area (Å²) in [5.41, 5.74) is 4.02. The van der Waals surface area contributed by atoms with Gasteiger partial charge in [-0.25, -0.2) is 0 Å². The minimum absolute atomic E-state index is 0.0181. The number of hydrogen-bond donors (Lipinski definition) is 2. The van der Waals surface area contributed by atoms with E-state index in [1.54, 1.807) is 19.9 Å². The lowest BCUT2D eigenvalue weighted by atomic mass is 9.84. The van der Waals surface area contributed by atoms with Gasteiger partial charge in [-0.2, -0.15) is 0 Å². The molecule has 2 aromatic carbocycles. The third kappa shape index (κ3) is 10.7. The van der Waals surface area contributed by atoms with Crippen LogP contribution in [-0.2, 0) is 39.1 Å². The average Bonchev–Trinajstić information content (AvgIpc) is 3.55. The smallest absolute Gasteiger partial charge is 0.311 e. The number of likely N-dealkylation sites (N-methyl/N-ethyl adjacent to an activating group) is 1. The molecule has 1 aromatic heterocycles. The summed E-state index contributed by atoms with van der Waals surface area (Å²) in [6.07, 6.45) is 5.91. The SMILES string of the molecule is CCC(CC)N(Cc1cccc(C(=O)Nc2sc3c(c2C(=O)Nc2ccc(C(C)(C)CN4CCN(C)CC4)cc2)CCCC3)c1)C(=O)CCC(C)(C)C(=O)OC. The molecule has 1 saturated heterocycles. The lowest BCUT2D eigenvalue weighted by Gasteiger charge is -2.38. The summed E-state index contributed by atoms with van der Waals surface area (Å²) in [5, 5.41) is 6.82. The van der Waals surface area contributed by atoms with Gasteiger partial charge in [0, 0.05) is 73.3 Å². The fourth-order valence-electron chi connectivity index (χ4n) is 8.02. The van der Waals surface area contributed by atoms with Gasteiger partial charge in [0.1, 0.15) is 5.00 Å². The Bertz CT molecular complexity index is 1840. The van der Waals surface area contributed by atoms with Gasteiger partial charge in [0.25, 0.3) is 11.8 Å². The molecule has 2 aliphatic rings. The fraction of sp³-hybridized carbons (Fsp3) is 0.556. The summed E-state index contributed by atoms with van der Waals surface area (Å²) in [6, 6.07) is 15.6. The number of fused-ring (bicyclic) bond motifs is 1. The second kappa shape index (κ2) is 18.9. The van der Waals surface area contributed by atoms with Crippen molar-refractivity contribution in [3.8, 4) is 0 Å². The molecule has 1 fully saturated rings. The van der Waals surface area contributed by atoms with Gasteiger partial charge >= 0.3 is 5.97 Å². The second-order valence-electron chi connectivity index (χ2n) is 16.9. The van der Waals surface area contributed by atoms with E-state index in [1.165, 1.54) is 24.0 Å². The van der Waals surface area contributed by atoms with E-state index < -0.39 is 5.41 Å². The Morgan fingerprint density at radius 2 is 1.57 bits per heavy atom. The van der Waals surface area contributed by atoms with Crippen LogP contribution in [0.1, 0.15) is 122 Å². The Balaban J connectivity index is 1.30. The zero-order valence-corrected chi connectivity index (χ0v) is 35.7. The van der Waals surface area contributed by atoms with Crippen molar-refractivity contribution in [2.45, 2.75) is 111 Å². The van der Waals surface area contributed by atoms with E-state index in [9.17, 15) is 19.2 Å². The van der Waals surface area contributed by atoms with Crippen LogP contribution in [0.25, 0.3) is 0 Å². The van der Waals surface area contributed by atoms with Gasteiger partial charge in [-0.1, -0.05) is 52.0 Å². The zero-order valence-electron chi connectivity index (χ0n) is 34.9. The quantitative estimate of drug-likeness (QED) is 0.141. The molecule has 2 heterocycles. The lowest BCUT2D eigenvalue weighted by Crippen LogP contribution is -2.48. The molecular weight excluding hydrogens is 723 g/mol. The van der Waals surface area contributed by atoms with Crippen LogP contribution in [0.3, 0.4) is 0 Å². The number of methoxy groups -OCH3 is 1. The Labute approximate surface area is 338 Å². The topological polar surface area (TPSA) is 111 Å². The summed E-state index contributed by atoms with van der Waals surface area (Å²) >= 11 is 1.50. The number of hydrogen-bond acceptors (Lipinski definition) is 8. The normalized spacial score (nSPS) is 15.3. The van der Waals surface area contributed by atoms with E-state index in [4.69, 9.17) is 4.74 Å². The lowest BCUT2D eigenvalue weighted by molar-refractivity contribution is -0.151. The van der Waals surface area contributed by atoms with Crippen molar-refractivity contribution in [2.24, 2.45) is 5.41 Å². The van der Waals surface area contributed by atoms with Gasteiger partial charge in [0.2, 0.25) is 5.91 Å². The molecule has 3 amide bonds. The number of esters is 1. The minimum Gasteiger partial charge on any atom is -0.469 e. The first-order chi connectivity index (χ1) is 26.6. The average molecular weight is 786 g/mol. The highest BCUT2D eigenvalue weighted by atomic mass is 32.1. The highest BCUT2D eigenvalue weighted by Crippen LogP contribution is 2.39. The van der Waals surface area contributed by atoms with Gasteiger partial charge < -0.3 is 25.2 Å². The number of anilines is 2. The molecule has 1 aliphatic heterocycles. The highest BCUT2D eigenvalue weighted by molar-refractivity contribution is 7.17. The Morgan fingerprint density at radius 1 is 0.893 bits per heavy atom. The number of benzene rings is 2. The molecule has 2 N–H and O–H groups in total. The minimum atomic E-state index is -0.773. The molecule has 11 heteroatoms. The van der Waals surface area contributed by atoms with E-state index in [0.29, 0.717) is 29.1 Å². The maximum atomic E-state index is 14.1. The number of carbonyl (C=O) groups is 4. The summed E-state index contributed by atoms with van der Waals surface area (Å²) in [4.78, 5) is 61.8. The van der Waals surface area contributed by atoms with Crippen LogP contribution in [0.5, 0.6) is 0 Å². The molecule has 5 rings (SSSR count). The third-order valence-corrected chi connectivity index (χ3v) is 12.9. The molecule has 3 aromatic rings. The molecule has 0 saturated carbocycles. The largest absolute Gasteiger partial charge is 0.469 e. The van der Waals surface area contributed by atoms with Crippen molar-refractivity contribution in [1.29, 1.82) is 0 Å². The van der Waals surface area contributed by atoms with Crippen molar-refractivity contribution >= 4 is 45.7 Å².